The lowest BCUT2D eigenvalue weighted by molar-refractivity contribution is -0.118. The second-order valence-corrected chi connectivity index (χ2v) is 5.41. The van der Waals surface area contributed by atoms with Crippen molar-refractivity contribution in [1.29, 1.82) is 0 Å². The van der Waals surface area contributed by atoms with E-state index >= 15 is 0 Å². The molecule has 0 aliphatic carbocycles. The Morgan fingerprint density at radius 3 is 2.32 bits per heavy atom. The van der Waals surface area contributed by atoms with Gasteiger partial charge in [-0.05, 0) is 36.4 Å². The summed E-state index contributed by atoms with van der Waals surface area (Å²) in [5, 5.41) is 6.15. The number of carbonyl (C=O) groups is 1. The average Bonchev–Trinajstić information content (AvgIpc) is 2.96. The quantitative estimate of drug-likeness (QED) is 0.902. The Kier molecular flexibility index (Phi) is 3.87. The van der Waals surface area contributed by atoms with Gasteiger partial charge in [0, 0.05) is 29.0 Å². The Morgan fingerprint density at radius 1 is 0.955 bits per heavy atom. The topological polar surface area (TPSA) is 59.6 Å². The highest BCUT2D eigenvalue weighted by Crippen LogP contribution is 2.35. The minimum absolute atomic E-state index is 0.0106. The zero-order valence-electron chi connectivity index (χ0n) is 12.6. The number of carbonyl (C=O) groups excluding carboxylic acids is 1. The molecular formula is C17H18N2O3. The maximum absolute atomic E-state index is 11.6. The van der Waals surface area contributed by atoms with Gasteiger partial charge in [-0.2, -0.15) is 0 Å². The third kappa shape index (κ3) is 3.14. The lowest BCUT2D eigenvalue weighted by Gasteiger charge is -2.10. The van der Waals surface area contributed by atoms with Crippen molar-refractivity contribution in [3.63, 3.8) is 0 Å². The van der Waals surface area contributed by atoms with E-state index in [-0.39, 0.29) is 18.6 Å². The predicted octanol–water partition coefficient (Wildman–Crippen LogP) is 3.75. The Bertz CT molecular complexity index is 681. The summed E-state index contributed by atoms with van der Waals surface area (Å²) in [6.45, 7) is 4.00. The maximum Gasteiger partial charge on any atom is 0.231 e. The molecule has 0 atom stereocenters. The molecule has 1 aliphatic heterocycles. The third-order valence-corrected chi connectivity index (χ3v) is 3.34. The summed E-state index contributed by atoms with van der Waals surface area (Å²) in [5.41, 5.74) is 2.64. The van der Waals surface area contributed by atoms with Crippen LogP contribution in [-0.2, 0) is 4.79 Å². The van der Waals surface area contributed by atoms with Crippen LogP contribution in [0.4, 0.5) is 17.1 Å². The normalized spacial score (nSPS) is 12.3. The fraction of sp³-hybridized carbons (Fsp3) is 0.235. The fourth-order valence-electron chi connectivity index (χ4n) is 2.06. The van der Waals surface area contributed by atoms with Crippen molar-refractivity contribution in [3.05, 3.63) is 42.5 Å². The van der Waals surface area contributed by atoms with Gasteiger partial charge in [0.1, 0.15) is 0 Å². The molecule has 2 aromatic carbocycles. The van der Waals surface area contributed by atoms with E-state index in [2.05, 4.69) is 10.6 Å². The number of amides is 1. The van der Waals surface area contributed by atoms with Crippen molar-refractivity contribution in [2.75, 3.05) is 17.4 Å². The first kappa shape index (κ1) is 14.3. The van der Waals surface area contributed by atoms with E-state index in [1.54, 1.807) is 0 Å². The van der Waals surface area contributed by atoms with E-state index in [0.29, 0.717) is 0 Å². The highest BCUT2D eigenvalue weighted by molar-refractivity contribution is 5.92. The SMILES string of the molecule is CC(C)C(=O)Nc1ccc(Nc2ccc3c(c2)OCO3)cc1. The zero-order chi connectivity index (χ0) is 15.5. The number of ether oxygens (including phenoxy) is 2. The second-order valence-electron chi connectivity index (χ2n) is 5.41. The first-order valence-electron chi connectivity index (χ1n) is 7.19. The first-order chi connectivity index (χ1) is 10.6. The van der Waals surface area contributed by atoms with Gasteiger partial charge in [-0.15, -0.1) is 0 Å². The van der Waals surface area contributed by atoms with Gasteiger partial charge >= 0.3 is 0 Å². The van der Waals surface area contributed by atoms with Crippen LogP contribution in [0.25, 0.3) is 0 Å². The summed E-state index contributed by atoms with van der Waals surface area (Å²) in [6.07, 6.45) is 0. The number of hydrogen-bond donors (Lipinski definition) is 2. The van der Waals surface area contributed by atoms with Crippen LogP contribution in [0.15, 0.2) is 42.5 Å². The Labute approximate surface area is 129 Å². The van der Waals surface area contributed by atoms with Crippen molar-refractivity contribution in [2.45, 2.75) is 13.8 Å². The highest BCUT2D eigenvalue weighted by atomic mass is 16.7. The number of anilines is 3. The molecule has 0 aromatic heterocycles. The van der Waals surface area contributed by atoms with Gasteiger partial charge in [-0.1, -0.05) is 13.8 Å². The molecule has 1 heterocycles. The lowest BCUT2D eigenvalue weighted by atomic mass is 10.2. The predicted molar refractivity (Wildman–Crippen MR) is 85.8 cm³/mol. The molecule has 0 saturated carbocycles. The van der Waals surface area contributed by atoms with Crippen molar-refractivity contribution < 1.29 is 14.3 Å². The van der Waals surface area contributed by atoms with Gasteiger partial charge in [0.25, 0.3) is 0 Å². The summed E-state index contributed by atoms with van der Waals surface area (Å²) in [6, 6.07) is 13.3. The van der Waals surface area contributed by atoms with Gasteiger partial charge in [0.05, 0.1) is 0 Å². The van der Waals surface area contributed by atoms with Crippen LogP contribution in [0, 0.1) is 5.92 Å². The Morgan fingerprint density at radius 2 is 1.59 bits per heavy atom. The summed E-state index contributed by atoms with van der Waals surface area (Å²) >= 11 is 0. The van der Waals surface area contributed by atoms with Gasteiger partial charge < -0.3 is 20.1 Å². The van der Waals surface area contributed by atoms with Crippen LogP contribution in [0.1, 0.15) is 13.8 Å². The lowest BCUT2D eigenvalue weighted by Crippen LogP contribution is -2.17. The number of benzene rings is 2. The maximum atomic E-state index is 11.6. The molecular weight excluding hydrogens is 280 g/mol. The molecule has 2 aromatic rings. The van der Waals surface area contributed by atoms with Crippen molar-refractivity contribution in [1.82, 2.24) is 0 Å². The third-order valence-electron chi connectivity index (χ3n) is 3.34. The van der Waals surface area contributed by atoms with E-state index in [0.717, 1.165) is 28.6 Å². The van der Waals surface area contributed by atoms with E-state index < -0.39 is 0 Å². The number of rotatable bonds is 4. The van der Waals surface area contributed by atoms with Crippen LogP contribution in [-0.4, -0.2) is 12.7 Å². The van der Waals surface area contributed by atoms with Gasteiger partial charge in [0.2, 0.25) is 12.7 Å². The van der Waals surface area contributed by atoms with E-state index in [9.17, 15) is 4.79 Å². The summed E-state index contributed by atoms with van der Waals surface area (Å²) in [5.74, 6) is 1.48. The minimum atomic E-state index is -0.0357. The van der Waals surface area contributed by atoms with Crippen LogP contribution in [0.3, 0.4) is 0 Å². The molecule has 3 rings (SSSR count). The number of hydrogen-bond acceptors (Lipinski definition) is 4. The Balaban J connectivity index is 1.67. The fourth-order valence-corrected chi connectivity index (χ4v) is 2.06. The van der Waals surface area contributed by atoms with Crippen LogP contribution in [0.2, 0.25) is 0 Å². The van der Waals surface area contributed by atoms with E-state index in [4.69, 9.17) is 9.47 Å². The van der Waals surface area contributed by atoms with Crippen molar-refractivity contribution in [3.8, 4) is 11.5 Å². The molecule has 0 spiro atoms. The van der Waals surface area contributed by atoms with Gasteiger partial charge in [-0.3, -0.25) is 4.79 Å². The standard InChI is InChI=1S/C17H18N2O3/c1-11(2)17(20)19-13-5-3-12(4-6-13)18-14-7-8-15-16(9-14)22-10-21-15/h3-9,11,18H,10H2,1-2H3,(H,19,20). The molecule has 0 radical (unpaired) electrons. The average molecular weight is 298 g/mol. The highest BCUT2D eigenvalue weighted by Gasteiger charge is 2.13. The van der Waals surface area contributed by atoms with Gasteiger partial charge in [-0.25, -0.2) is 0 Å². The van der Waals surface area contributed by atoms with Crippen molar-refractivity contribution >= 4 is 23.0 Å². The molecule has 114 valence electrons. The smallest absolute Gasteiger partial charge is 0.231 e. The molecule has 22 heavy (non-hydrogen) atoms. The number of fused-ring (bicyclic) bond motifs is 1. The molecule has 0 saturated heterocycles. The van der Waals surface area contributed by atoms with E-state index in [1.165, 1.54) is 0 Å². The molecule has 5 heteroatoms. The molecule has 1 amide bonds. The summed E-state index contributed by atoms with van der Waals surface area (Å²) in [4.78, 5) is 11.6. The molecule has 0 unspecified atom stereocenters. The summed E-state index contributed by atoms with van der Waals surface area (Å²) in [7, 11) is 0. The van der Waals surface area contributed by atoms with Crippen LogP contribution < -0.4 is 20.1 Å². The molecule has 5 nitrogen and oxygen atoms in total. The zero-order valence-corrected chi connectivity index (χ0v) is 12.6. The van der Waals surface area contributed by atoms with Crippen LogP contribution in [0.5, 0.6) is 11.5 Å². The minimum Gasteiger partial charge on any atom is -0.454 e. The number of nitrogens with one attached hydrogen (secondary N) is 2. The molecule has 0 fully saturated rings. The monoisotopic (exact) mass is 298 g/mol. The van der Waals surface area contributed by atoms with E-state index in [1.807, 2.05) is 56.3 Å². The van der Waals surface area contributed by atoms with Crippen molar-refractivity contribution in [2.24, 2.45) is 5.92 Å². The second kappa shape index (κ2) is 5.97. The molecule has 1 aliphatic rings. The Hall–Kier alpha value is -2.69. The largest absolute Gasteiger partial charge is 0.454 e. The molecule has 0 bridgehead atoms. The summed E-state index contributed by atoms with van der Waals surface area (Å²) < 4.78 is 10.6. The van der Waals surface area contributed by atoms with Gasteiger partial charge in [0.15, 0.2) is 11.5 Å². The van der Waals surface area contributed by atoms with Crippen LogP contribution >= 0.6 is 0 Å². The molecule has 2 N–H and O–H groups in total. The first-order valence-corrected chi connectivity index (χ1v) is 7.19.